The smallest absolute Gasteiger partial charge is 0.270 e. The molecule has 108 valence electrons. The van der Waals surface area contributed by atoms with Crippen molar-refractivity contribution in [3.63, 3.8) is 0 Å². The molecule has 0 amide bonds. The molecule has 9 heteroatoms. The van der Waals surface area contributed by atoms with Crippen molar-refractivity contribution in [1.82, 2.24) is 9.97 Å². The van der Waals surface area contributed by atoms with Crippen molar-refractivity contribution in [3.05, 3.63) is 21.3 Å². The van der Waals surface area contributed by atoms with Crippen LogP contribution >= 0.6 is 11.3 Å². The largest absolute Gasteiger partial charge is 0.394 e. The average Bonchev–Trinajstić information content (AvgIpc) is 2.93. The molecule has 4 atom stereocenters. The molecule has 20 heavy (non-hydrogen) atoms. The second kappa shape index (κ2) is 4.79. The van der Waals surface area contributed by atoms with Crippen LogP contribution in [-0.2, 0) is 4.74 Å². The van der Waals surface area contributed by atoms with Gasteiger partial charge in [0.15, 0.2) is 0 Å². The number of thiophene rings is 1. The van der Waals surface area contributed by atoms with E-state index >= 15 is 0 Å². The van der Waals surface area contributed by atoms with Crippen LogP contribution in [0.4, 0.5) is 5.95 Å². The third kappa shape index (κ3) is 1.91. The Morgan fingerprint density at radius 2 is 2.20 bits per heavy atom. The van der Waals surface area contributed by atoms with Gasteiger partial charge in [-0.3, -0.25) is 9.78 Å². The lowest BCUT2D eigenvalue weighted by atomic mass is 10.0. The minimum Gasteiger partial charge on any atom is -0.394 e. The van der Waals surface area contributed by atoms with Gasteiger partial charge in [0.1, 0.15) is 29.1 Å². The minimum absolute atomic E-state index is 0.0334. The Morgan fingerprint density at radius 3 is 2.85 bits per heavy atom. The van der Waals surface area contributed by atoms with Gasteiger partial charge >= 0.3 is 0 Å². The minimum atomic E-state index is -1.20. The average molecular weight is 299 g/mol. The normalized spacial score (nSPS) is 30.1. The first-order valence-electron chi connectivity index (χ1n) is 5.92. The zero-order chi connectivity index (χ0) is 14.4. The number of H-pyrrole nitrogens is 1. The molecule has 0 aliphatic carbocycles. The van der Waals surface area contributed by atoms with Crippen molar-refractivity contribution >= 4 is 27.5 Å². The SMILES string of the molecule is Nc1nc2c([C@@H]3O[C@H](CO)[C@@H](O)[C@H]3O)csc2c(=O)[nH]1. The molecule has 0 radical (unpaired) electrons. The molecule has 2 aromatic heterocycles. The number of nitrogens with zero attached hydrogens (tertiary/aromatic N) is 1. The monoisotopic (exact) mass is 299 g/mol. The molecule has 1 saturated heterocycles. The summed E-state index contributed by atoms with van der Waals surface area (Å²) in [5, 5.41) is 30.5. The highest BCUT2D eigenvalue weighted by molar-refractivity contribution is 7.17. The number of nitrogen functional groups attached to an aromatic ring is 1. The van der Waals surface area contributed by atoms with Gasteiger partial charge in [-0.15, -0.1) is 11.3 Å². The van der Waals surface area contributed by atoms with Gasteiger partial charge in [-0.05, 0) is 5.38 Å². The third-order valence-electron chi connectivity index (χ3n) is 3.32. The van der Waals surface area contributed by atoms with Crippen LogP contribution < -0.4 is 11.3 Å². The zero-order valence-corrected chi connectivity index (χ0v) is 11.0. The molecule has 3 rings (SSSR count). The van der Waals surface area contributed by atoms with Gasteiger partial charge in [0, 0.05) is 5.56 Å². The molecule has 6 N–H and O–H groups in total. The summed E-state index contributed by atoms with van der Waals surface area (Å²) in [6, 6.07) is 0. The second-order valence-corrected chi connectivity index (χ2v) is 5.46. The number of nitrogens with one attached hydrogen (secondary N) is 1. The standard InChI is InChI=1S/C11H13N3O5S/c12-11-13-5-3(2-20-9(5)10(18)14-11)8-7(17)6(16)4(1-15)19-8/h2,4,6-8,15-17H,1H2,(H3,12,13,14,18)/t4-,6-,7-,8+/m1/s1. The topological polar surface area (TPSA) is 142 Å². The van der Waals surface area contributed by atoms with E-state index in [9.17, 15) is 15.0 Å². The van der Waals surface area contributed by atoms with E-state index in [1.54, 1.807) is 5.38 Å². The van der Waals surface area contributed by atoms with Crippen LogP contribution in [-0.4, -0.2) is 50.2 Å². The van der Waals surface area contributed by atoms with E-state index in [1.165, 1.54) is 0 Å². The van der Waals surface area contributed by atoms with Crippen LogP contribution in [0.5, 0.6) is 0 Å². The fraction of sp³-hybridized carbons (Fsp3) is 0.455. The maximum atomic E-state index is 11.7. The highest BCUT2D eigenvalue weighted by Gasteiger charge is 2.44. The molecule has 3 heterocycles. The van der Waals surface area contributed by atoms with Gasteiger partial charge in [0.2, 0.25) is 5.95 Å². The first-order chi connectivity index (χ1) is 9.52. The number of aromatic nitrogens is 2. The number of nitrogens with two attached hydrogens (primary N) is 1. The predicted molar refractivity (Wildman–Crippen MR) is 71.4 cm³/mol. The molecule has 1 aliphatic rings. The van der Waals surface area contributed by atoms with Crippen LogP contribution in [0.1, 0.15) is 11.7 Å². The Hall–Kier alpha value is -1.52. The summed E-state index contributed by atoms with van der Waals surface area (Å²) in [5.41, 5.74) is 5.96. The molecule has 0 unspecified atom stereocenters. The van der Waals surface area contributed by atoms with Gasteiger partial charge in [-0.2, -0.15) is 0 Å². The van der Waals surface area contributed by atoms with E-state index in [2.05, 4.69) is 9.97 Å². The van der Waals surface area contributed by atoms with E-state index in [0.29, 0.717) is 15.8 Å². The lowest BCUT2D eigenvalue weighted by molar-refractivity contribution is -0.0223. The summed E-state index contributed by atoms with van der Waals surface area (Å²) in [4.78, 5) is 18.2. The Kier molecular flexibility index (Phi) is 3.22. The third-order valence-corrected chi connectivity index (χ3v) is 4.31. The molecular weight excluding hydrogens is 286 g/mol. The van der Waals surface area contributed by atoms with Crippen molar-refractivity contribution in [2.45, 2.75) is 24.4 Å². The number of aromatic amines is 1. The van der Waals surface area contributed by atoms with Crippen molar-refractivity contribution in [2.24, 2.45) is 0 Å². The van der Waals surface area contributed by atoms with Crippen molar-refractivity contribution in [2.75, 3.05) is 12.3 Å². The number of hydrogen-bond acceptors (Lipinski definition) is 8. The van der Waals surface area contributed by atoms with E-state index in [-0.39, 0.29) is 11.5 Å². The summed E-state index contributed by atoms with van der Waals surface area (Å²) in [6.45, 7) is -0.410. The van der Waals surface area contributed by atoms with Crippen LogP contribution in [0.2, 0.25) is 0 Å². The van der Waals surface area contributed by atoms with Gasteiger partial charge in [0.05, 0.1) is 12.1 Å². The highest BCUT2D eigenvalue weighted by atomic mass is 32.1. The molecule has 0 spiro atoms. The number of aliphatic hydroxyl groups excluding tert-OH is 3. The zero-order valence-electron chi connectivity index (χ0n) is 10.2. The summed E-state index contributed by atoms with van der Waals surface area (Å²) >= 11 is 1.15. The highest BCUT2D eigenvalue weighted by Crippen LogP contribution is 2.38. The number of anilines is 1. The van der Waals surface area contributed by atoms with Gasteiger partial charge in [-0.1, -0.05) is 0 Å². The molecule has 1 aliphatic heterocycles. The van der Waals surface area contributed by atoms with Gasteiger partial charge in [-0.25, -0.2) is 4.98 Å². The lowest BCUT2D eigenvalue weighted by Gasteiger charge is -2.13. The van der Waals surface area contributed by atoms with Crippen LogP contribution in [0.25, 0.3) is 10.2 Å². The number of ether oxygens (including phenoxy) is 1. The molecule has 0 bridgehead atoms. The summed E-state index contributed by atoms with van der Waals surface area (Å²) in [7, 11) is 0. The summed E-state index contributed by atoms with van der Waals surface area (Å²) in [5.74, 6) is -0.0334. The Morgan fingerprint density at radius 1 is 1.45 bits per heavy atom. The van der Waals surface area contributed by atoms with Gasteiger partial charge in [0.25, 0.3) is 5.56 Å². The first-order valence-corrected chi connectivity index (χ1v) is 6.80. The van der Waals surface area contributed by atoms with Crippen LogP contribution in [0.3, 0.4) is 0 Å². The van der Waals surface area contributed by atoms with Crippen molar-refractivity contribution in [3.8, 4) is 0 Å². The molecular formula is C11H13N3O5S. The number of fused-ring (bicyclic) bond motifs is 1. The molecule has 2 aromatic rings. The quantitative estimate of drug-likeness (QED) is 0.465. The Labute approximate surface area is 116 Å². The molecule has 0 aromatic carbocycles. The van der Waals surface area contributed by atoms with E-state index in [1.807, 2.05) is 0 Å². The number of hydrogen-bond donors (Lipinski definition) is 5. The molecule has 8 nitrogen and oxygen atoms in total. The van der Waals surface area contributed by atoms with E-state index < -0.39 is 31.0 Å². The van der Waals surface area contributed by atoms with Crippen LogP contribution in [0, 0.1) is 0 Å². The second-order valence-electron chi connectivity index (χ2n) is 4.58. The first kappa shape index (κ1) is 13.5. The lowest BCUT2D eigenvalue weighted by Crippen LogP contribution is -2.32. The number of aliphatic hydroxyl groups is 3. The number of rotatable bonds is 2. The maximum absolute atomic E-state index is 11.7. The van der Waals surface area contributed by atoms with E-state index in [4.69, 9.17) is 15.6 Å². The van der Waals surface area contributed by atoms with Crippen molar-refractivity contribution in [1.29, 1.82) is 0 Å². The van der Waals surface area contributed by atoms with Crippen LogP contribution in [0.15, 0.2) is 10.2 Å². The van der Waals surface area contributed by atoms with Crippen molar-refractivity contribution < 1.29 is 20.1 Å². The summed E-state index contributed by atoms with van der Waals surface area (Å²) in [6.07, 6.45) is -4.12. The Balaban J connectivity index is 2.09. The fourth-order valence-electron chi connectivity index (χ4n) is 2.32. The van der Waals surface area contributed by atoms with Gasteiger partial charge < -0.3 is 25.8 Å². The molecule has 1 fully saturated rings. The van der Waals surface area contributed by atoms with E-state index in [0.717, 1.165) is 11.3 Å². The Bertz CT molecular complexity index is 699. The molecule has 0 saturated carbocycles. The fourth-order valence-corrected chi connectivity index (χ4v) is 3.25. The maximum Gasteiger partial charge on any atom is 0.270 e. The predicted octanol–water partition coefficient (Wildman–Crippen LogP) is -1.28. The summed E-state index contributed by atoms with van der Waals surface area (Å²) < 4.78 is 5.80.